The van der Waals surface area contributed by atoms with Crippen LogP contribution in [-0.2, 0) is 11.3 Å². The number of carbonyl (C=O) groups excluding carboxylic acids is 1. The van der Waals surface area contributed by atoms with Gasteiger partial charge < -0.3 is 10.1 Å². The lowest BCUT2D eigenvalue weighted by Crippen LogP contribution is -2.28. The fourth-order valence-electron chi connectivity index (χ4n) is 1.56. The summed E-state index contributed by atoms with van der Waals surface area (Å²) in [6.07, 6.45) is 0. The molecule has 1 amide bonds. The fraction of sp³-hybridized carbons (Fsp3) is 0.133. The highest BCUT2D eigenvalue weighted by molar-refractivity contribution is 9.10. The van der Waals surface area contributed by atoms with E-state index < -0.39 is 5.82 Å². The quantitative estimate of drug-likeness (QED) is 0.909. The molecule has 0 fully saturated rings. The summed E-state index contributed by atoms with van der Waals surface area (Å²) in [5.74, 6) is -0.307. The summed E-state index contributed by atoms with van der Waals surface area (Å²) in [5.41, 5.74) is 0.993. The van der Waals surface area contributed by atoms with E-state index in [4.69, 9.17) is 4.74 Å². The van der Waals surface area contributed by atoms with Gasteiger partial charge in [-0.25, -0.2) is 4.39 Å². The third-order valence-electron chi connectivity index (χ3n) is 2.57. The zero-order valence-corrected chi connectivity index (χ0v) is 12.2. The zero-order valence-electron chi connectivity index (χ0n) is 10.6. The molecular weight excluding hydrogens is 325 g/mol. The Bertz CT molecular complexity index is 587. The predicted octanol–water partition coefficient (Wildman–Crippen LogP) is 3.28. The van der Waals surface area contributed by atoms with E-state index >= 15 is 0 Å². The number of hydrogen-bond donors (Lipinski definition) is 1. The van der Waals surface area contributed by atoms with Gasteiger partial charge in [0.15, 0.2) is 6.61 Å². The molecule has 0 spiro atoms. The van der Waals surface area contributed by atoms with Crippen molar-refractivity contribution in [1.29, 1.82) is 0 Å². The number of hydrogen-bond acceptors (Lipinski definition) is 2. The second kappa shape index (κ2) is 7.05. The van der Waals surface area contributed by atoms with Crippen molar-refractivity contribution < 1.29 is 13.9 Å². The summed E-state index contributed by atoms with van der Waals surface area (Å²) < 4.78 is 19.1. The van der Waals surface area contributed by atoms with E-state index in [1.54, 1.807) is 6.07 Å². The first-order chi connectivity index (χ1) is 9.63. The Morgan fingerprint density at radius 3 is 2.65 bits per heavy atom. The van der Waals surface area contributed by atoms with Gasteiger partial charge in [0.2, 0.25) is 0 Å². The Labute approximate surface area is 124 Å². The molecule has 1 N–H and O–H groups in total. The Morgan fingerprint density at radius 1 is 1.20 bits per heavy atom. The lowest BCUT2D eigenvalue weighted by molar-refractivity contribution is -0.123. The summed E-state index contributed by atoms with van der Waals surface area (Å²) in [6.45, 7) is 0.290. The van der Waals surface area contributed by atoms with Crippen molar-refractivity contribution in [2.75, 3.05) is 6.61 Å². The van der Waals surface area contributed by atoms with E-state index in [1.165, 1.54) is 18.2 Å². The Hall–Kier alpha value is -1.88. The topological polar surface area (TPSA) is 38.3 Å². The molecule has 20 heavy (non-hydrogen) atoms. The van der Waals surface area contributed by atoms with Crippen LogP contribution in [0.25, 0.3) is 0 Å². The number of amides is 1. The second-order valence-corrected chi connectivity index (χ2v) is 5.06. The first-order valence-corrected chi connectivity index (χ1v) is 6.82. The van der Waals surface area contributed by atoms with Gasteiger partial charge in [-0.2, -0.15) is 0 Å². The summed E-state index contributed by atoms with van der Waals surface area (Å²) in [5, 5.41) is 2.73. The molecule has 0 aliphatic carbocycles. The maximum absolute atomic E-state index is 12.9. The van der Waals surface area contributed by atoms with Crippen molar-refractivity contribution in [3.63, 3.8) is 0 Å². The number of rotatable bonds is 5. The van der Waals surface area contributed by atoms with Gasteiger partial charge >= 0.3 is 0 Å². The molecule has 2 aromatic carbocycles. The van der Waals surface area contributed by atoms with E-state index in [0.29, 0.717) is 12.3 Å². The monoisotopic (exact) mass is 337 g/mol. The molecule has 0 bridgehead atoms. The Kier molecular flexibility index (Phi) is 5.12. The molecule has 0 saturated heterocycles. The van der Waals surface area contributed by atoms with Crippen molar-refractivity contribution in [3.05, 3.63) is 64.4 Å². The van der Waals surface area contributed by atoms with Gasteiger partial charge in [0.25, 0.3) is 5.91 Å². The molecule has 0 aromatic heterocycles. The van der Waals surface area contributed by atoms with Gasteiger partial charge in [-0.15, -0.1) is 0 Å². The van der Waals surface area contributed by atoms with Gasteiger partial charge in [0.05, 0.1) is 0 Å². The normalized spacial score (nSPS) is 10.1. The minimum atomic E-state index is -0.391. The maximum Gasteiger partial charge on any atom is 0.258 e. The molecule has 104 valence electrons. The lowest BCUT2D eigenvalue weighted by atomic mass is 10.2. The summed E-state index contributed by atoms with van der Waals surface area (Å²) in [4.78, 5) is 11.6. The average Bonchev–Trinajstić information content (AvgIpc) is 2.45. The smallest absolute Gasteiger partial charge is 0.258 e. The first-order valence-electron chi connectivity index (χ1n) is 6.03. The van der Waals surface area contributed by atoms with Crippen LogP contribution in [0.1, 0.15) is 5.56 Å². The van der Waals surface area contributed by atoms with Crippen LogP contribution < -0.4 is 10.1 Å². The van der Waals surface area contributed by atoms with Crippen LogP contribution in [0.15, 0.2) is 53.0 Å². The number of nitrogens with one attached hydrogen (secondary N) is 1. The van der Waals surface area contributed by atoms with Crippen LogP contribution in [0.5, 0.6) is 5.75 Å². The van der Waals surface area contributed by atoms with Crippen LogP contribution in [0.2, 0.25) is 0 Å². The van der Waals surface area contributed by atoms with Crippen molar-refractivity contribution in [3.8, 4) is 5.75 Å². The Balaban J connectivity index is 1.77. The van der Waals surface area contributed by atoms with Crippen molar-refractivity contribution >= 4 is 21.8 Å². The SMILES string of the molecule is O=C(COc1cccc(F)c1)NCc1ccc(Br)cc1. The molecule has 2 aromatic rings. The summed E-state index contributed by atoms with van der Waals surface area (Å²) in [6, 6.07) is 13.3. The molecule has 0 heterocycles. The predicted molar refractivity (Wildman–Crippen MR) is 77.9 cm³/mol. The van der Waals surface area contributed by atoms with E-state index in [-0.39, 0.29) is 12.5 Å². The first kappa shape index (κ1) is 14.5. The van der Waals surface area contributed by atoms with E-state index in [2.05, 4.69) is 21.2 Å². The molecule has 0 radical (unpaired) electrons. The van der Waals surface area contributed by atoms with Gasteiger partial charge in [-0.3, -0.25) is 4.79 Å². The Morgan fingerprint density at radius 2 is 1.95 bits per heavy atom. The molecule has 5 heteroatoms. The van der Waals surface area contributed by atoms with Crippen molar-refractivity contribution in [1.82, 2.24) is 5.32 Å². The number of halogens is 2. The van der Waals surface area contributed by atoms with Gasteiger partial charge in [-0.1, -0.05) is 34.1 Å². The van der Waals surface area contributed by atoms with Crippen LogP contribution in [0, 0.1) is 5.82 Å². The van der Waals surface area contributed by atoms with Crippen molar-refractivity contribution in [2.45, 2.75) is 6.54 Å². The molecule has 0 atom stereocenters. The average molecular weight is 338 g/mol. The zero-order chi connectivity index (χ0) is 14.4. The highest BCUT2D eigenvalue weighted by atomic mass is 79.9. The minimum absolute atomic E-state index is 0.139. The third-order valence-corrected chi connectivity index (χ3v) is 3.10. The van der Waals surface area contributed by atoms with E-state index in [1.807, 2.05) is 24.3 Å². The highest BCUT2D eigenvalue weighted by Crippen LogP contribution is 2.12. The van der Waals surface area contributed by atoms with E-state index in [0.717, 1.165) is 10.0 Å². The second-order valence-electron chi connectivity index (χ2n) is 4.15. The van der Waals surface area contributed by atoms with Crippen molar-refractivity contribution in [2.24, 2.45) is 0 Å². The summed E-state index contributed by atoms with van der Waals surface area (Å²) in [7, 11) is 0. The standard InChI is InChI=1S/C15H13BrFNO2/c16-12-6-4-11(5-7-12)9-18-15(19)10-20-14-3-1-2-13(17)8-14/h1-8H,9-10H2,(H,18,19). The van der Waals surface area contributed by atoms with Crippen LogP contribution in [0.3, 0.4) is 0 Å². The number of carbonyl (C=O) groups is 1. The fourth-order valence-corrected chi connectivity index (χ4v) is 1.82. The van der Waals surface area contributed by atoms with Crippen LogP contribution in [0.4, 0.5) is 4.39 Å². The maximum atomic E-state index is 12.9. The molecule has 0 unspecified atom stereocenters. The van der Waals surface area contributed by atoms with Gasteiger partial charge in [0.1, 0.15) is 11.6 Å². The molecule has 2 rings (SSSR count). The number of benzene rings is 2. The molecule has 0 aliphatic rings. The minimum Gasteiger partial charge on any atom is -0.484 e. The third kappa shape index (κ3) is 4.66. The van der Waals surface area contributed by atoms with Gasteiger partial charge in [0, 0.05) is 17.1 Å². The van der Waals surface area contributed by atoms with Gasteiger partial charge in [-0.05, 0) is 29.8 Å². The molecular formula is C15H13BrFNO2. The van der Waals surface area contributed by atoms with Crippen LogP contribution in [-0.4, -0.2) is 12.5 Å². The molecule has 3 nitrogen and oxygen atoms in total. The molecule has 0 aliphatic heterocycles. The lowest BCUT2D eigenvalue weighted by Gasteiger charge is -2.07. The highest BCUT2D eigenvalue weighted by Gasteiger charge is 2.03. The molecule has 0 saturated carbocycles. The largest absolute Gasteiger partial charge is 0.484 e. The number of ether oxygens (including phenoxy) is 1. The van der Waals surface area contributed by atoms with E-state index in [9.17, 15) is 9.18 Å². The van der Waals surface area contributed by atoms with Crippen LogP contribution >= 0.6 is 15.9 Å². The summed E-state index contributed by atoms with van der Waals surface area (Å²) >= 11 is 3.34.